The molecule has 0 bridgehead atoms. The lowest BCUT2D eigenvalue weighted by Gasteiger charge is -2.19. The van der Waals surface area contributed by atoms with Crippen LogP contribution in [0.15, 0.2) is 18.2 Å². The van der Waals surface area contributed by atoms with Crippen molar-refractivity contribution in [1.82, 2.24) is 4.90 Å². The molecule has 5 heteroatoms. The topological polar surface area (TPSA) is 62.3 Å². The molecule has 1 saturated heterocycles. The molecule has 104 valence electrons. The fraction of sp³-hybridized carbons (Fsp3) is 0.500. The van der Waals surface area contributed by atoms with Gasteiger partial charge < -0.3 is 15.4 Å². The van der Waals surface area contributed by atoms with Crippen molar-refractivity contribution in [2.75, 3.05) is 20.2 Å². The van der Waals surface area contributed by atoms with Crippen molar-refractivity contribution in [3.63, 3.8) is 0 Å². The number of nitrogens with one attached hydrogen (secondary N) is 1. The molecular weight excluding hydrogens is 245 g/mol. The quantitative estimate of drug-likeness (QED) is 0.632. The van der Waals surface area contributed by atoms with Crippen LogP contribution in [0.1, 0.15) is 24.8 Å². The second-order valence-corrected chi connectivity index (χ2v) is 4.97. The minimum atomic E-state index is -0.409. The maximum Gasteiger partial charge on any atom is 0.130 e. The van der Waals surface area contributed by atoms with E-state index in [9.17, 15) is 4.39 Å². The summed E-state index contributed by atoms with van der Waals surface area (Å²) in [5, 5.41) is 7.43. The van der Waals surface area contributed by atoms with Gasteiger partial charge in [0.1, 0.15) is 17.4 Å². The molecule has 2 rings (SSSR count). The van der Waals surface area contributed by atoms with Gasteiger partial charge in [-0.1, -0.05) is 0 Å². The Morgan fingerprint density at radius 1 is 1.58 bits per heavy atom. The second kappa shape index (κ2) is 6.02. The van der Waals surface area contributed by atoms with Crippen molar-refractivity contribution in [2.45, 2.75) is 25.3 Å². The number of amidine groups is 1. The zero-order chi connectivity index (χ0) is 13.8. The fourth-order valence-electron chi connectivity index (χ4n) is 2.49. The second-order valence-electron chi connectivity index (χ2n) is 4.97. The molecule has 1 atom stereocenters. The van der Waals surface area contributed by atoms with Gasteiger partial charge in [-0.2, -0.15) is 0 Å². The highest BCUT2D eigenvalue weighted by Crippen LogP contribution is 2.21. The van der Waals surface area contributed by atoms with Gasteiger partial charge in [-0.05, 0) is 51.1 Å². The number of nitrogens with zero attached hydrogens (tertiary/aromatic N) is 1. The van der Waals surface area contributed by atoms with Crippen molar-refractivity contribution in [3.8, 4) is 5.75 Å². The lowest BCUT2D eigenvalue weighted by molar-refractivity contribution is 0.233. The van der Waals surface area contributed by atoms with Gasteiger partial charge in [0, 0.05) is 6.04 Å². The fourth-order valence-corrected chi connectivity index (χ4v) is 2.49. The van der Waals surface area contributed by atoms with E-state index in [1.807, 2.05) is 0 Å². The summed E-state index contributed by atoms with van der Waals surface area (Å²) in [6.45, 7) is 1.70. The minimum Gasteiger partial charge on any atom is -0.493 e. The Kier molecular flexibility index (Phi) is 4.37. The van der Waals surface area contributed by atoms with E-state index < -0.39 is 5.82 Å². The molecule has 0 saturated carbocycles. The first-order valence-corrected chi connectivity index (χ1v) is 6.55. The van der Waals surface area contributed by atoms with Crippen molar-refractivity contribution >= 4 is 5.84 Å². The summed E-state index contributed by atoms with van der Waals surface area (Å²) >= 11 is 0. The van der Waals surface area contributed by atoms with Crippen LogP contribution in [0, 0.1) is 11.2 Å². The van der Waals surface area contributed by atoms with E-state index in [0.29, 0.717) is 24.0 Å². The van der Waals surface area contributed by atoms with Crippen LogP contribution >= 0.6 is 0 Å². The minimum absolute atomic E-state index is 0.174. The summed E-state index contributed by atoms with van der Waals surface area (Å²) in [7, 11) is 2.12. The highest BCUT2D eigenvalue weighted by atomic mass is 19.1. The van der Waals surface area contributed by atoms with E-state index in [1.54, 1.807) is 0 Å². The molecule has 1 aromatic carbocycles. The average Bonchev–Trinajstić information content (AvgIpc) is 2.77. The van der Waals surface area contributed by atoms with Crippen LogP contribution in [0.3, 0.4) is 0 Å². The first kappa shape index (κ1) is 13.8. The predicted molar refractivity (Wildman–Crippen MR) is 73.2 cm³/mol. The summed E-state index contributed by atoms with van der Waals surface area (Å²) in [5.74, 6) is -0.102. The van der Waals surface area contributed by atoms with E-state index in [4.69, 9.17) is 15.9 Å². The Hall–Kier alpha value is -1.62. The van der Waals surface area contributed by atoms with Gasteiger partial charge in [-0.25, -0.2) is 4.39 Å². The van der Waals surface area contributed by atoms with Crippen LogP contribution in [-0.4, -0.2) is 37.0 Å². The zero-order valence-corrected chi connectivity index (χ0v) is 11.2. The Labute approximate surface area is 112 Å². The smallest absolute Gasteiger partial charge is 0.130 e. The van der Waals surface area contributed by atoms with Crippen molar-refractivity contribution in [3.05, 3.63) is 29.6 Å². The zero-order valence-electron chi connectivity index (χ0n) is 11.2. The van der Waals surface area contributed by atoms with Crippen LogP contribution in [-0.2, 0) is 0 Å². The molecule has 1 fully saturated rings. The first-order valence-electron chi connectivity index (χ1n) is 6.55. The number of likely N-dealkylation sites (tertiary alicyclic amines) is 1. The van der Waals surface area contributed by atoms with E-state index in [1.165, 1.54) is 31.0 Å². The number of nitrogen functional groups attached to an aromatic ring is 1. The molecular formula is C14H20FN3O. The molecule has 4 nitrogen and oxygen atoms in total. The van der Waals surface area contributed by atoms with Gasteiger partial charge in [0.25, 0.3) is 0 Å². The summed E-state index contributed by atoms with van der Waals surface area (Å²) in [4.78, 5) is 2.33. The van der Waals surface area contributed by atoms with Crippen molar-refractivity contribution in [1.29, 1.82) is 5.41 Å². The Morgan fingerprint density at radius 3 is 3.00 bits per heavy atom. The number of halogens is 1. The molecule has 1 aliphatic rings. The van der Waals surface area contributed by atoms with Gasteiger partial charge in [0.15, 0.2) is 0 Å². The van der Waals surface area contributed by atoms with Crippen LogP contribution < -0.4 is 10.5 Å². The van der Waals surface area contributed by atoms with Gasteiger partial charge in [0.05, 0.1) is 12.2 Å². The predicted octanol–water partition coefficient (Wildman–Crippen LogP) is 1.97. The standard InChI is InChI=1S/C14H20FN3O/c1-18-7-2-3-11(18)6-8-19-13-5-4-10(15)9-12(13)14(16)17/h4-5,9,11H,2-3,6-8H2,1H3,(H3,16,17). The number of benzene rings is 1. The number of hydrogen-bond acceptors (Lipinski definition) is 3. The third kappa shape index (κ3) is 3.44. The third-order valence-corrected chi connectivity index (χ3v) is 3.61. The van der Waals surface area contributed by atoms with Crippen LogP contribution in [0.2, 0.25) is 0 Å². The first-order chi connectivity index (χ1) is 9.08. The summed E-state index contributed by atoms with van der Waals surface area (Å²) in [5.41, 5.74) is 5.75. The van der Waals surface area contributed by atoms with Crippen LogP contribution in [0.4, 0.5) is 4.39 Å². The normalized spacial score (nSPS) is 19.6. The average molecular weight is 265 g/mol. The Morgan fingerprint density at radius 2 is 2.37 bits per heavy atom. The summed E-state index contributed by atoms with van der Waals surface area (Å²) in [6, 6.07) is 4.65. The lowest BCUT2D eigenvalue weighted by atomic mass is 10.1. The molecule has 0 spiro atoms. The number of ether oxygens (including phenoxy) is 1. The van der Waals surface area contributed by atoms with Crippen LogP contribution in [0.25, 0.3) is 0 Å². The third-order valence-electron chi connectivity index (χ3n) is 3.61. The molecule has 3 N–H and O–H groups in total. The highest BCUT2D eigenvalue weighted by molar-refractivity contribution is 5.97. The van der Waals surface area contributed by atoms with Crippen molar-refractivity contribution < 1.29 is 9.13 Å². The largest absolute Gasteiger partial charge is 0.493 e. The van der Waals surface area contributed by atoms with Gasteiger partial charge in [-0.3, -0.25) is 5.41 Å². The lowest BCUT2D eigenvalue weighted by Crippen LogP contribution is -2.26. The Bertz CT molecular complexity index is 464. The van der Waals surface area contributed by atoms with Gasteiger partial charge in [-0.15, -0.1) is 0 Å². The van der Waals surface area contributed by atoms with E-state index in [2.05, 4.69) is 11.9 Å². The molecule has 1 aromatic rings. The number of rotatable bonds is 5. The highest BCUT2D eigenvalue weighted by Gasteiger charge is 2.20. The van der Waals surface area contributed by atoms with E-state index in [0.717, 1.165) is 13.0 Å². The SMILES string of the molecule is CN1CCCC1CCOc1ccc(F)cc1C(=N)N. The molecule has 0 aromatic heterocycles. The van der Waals surface area contributed by atoms with Gasteiger partial charge >= 0.3 is 0 Å². The maximum atomic E-state index is 13.1. The van der Waals surface area contributed by atoms with E-state index in [-0.39, 0.29) is 5.84 Å². The Balaban J connectivity index is 1.94. The number of hydrogen-bond donors (Lipinski definition) is 2. The summed E-state index contributed by atoms with van der Waals surface area (Å²) < 4.78 is 18.8. The van der Waals surface area contributed by atoms with Gasteiger partial charge in [0.2, 0.25) is 0 Å². The molecule has 0 radical (unpaired) electrons. The van der Waals surface area contributed by atoms with E-state index >= 15 is 0 Å². The molecule has 1 heterocycles. The molecule has 1 aliphatic heterocycles. The monoisotopic (exact) mass is 265 g/mol. The van der Waals surface area contributed by atoms with Crippen molar-refractivity contribution in [2.24, 2.45) is 5.73 Å². The number of nitrogens with two attached hydrogens (primary N) is 1. The molecule has 0 aliphatic carbocycles. The van der Waals surface area contributed by atoms with Crippen LogP contribution in [0.5, 0.6) is 5.75 Å². The molecule has 19 heavy (non-hydrogen) atoms. The molecule has 1 unspecified atom stereocenters. The molecule has 0 amide bonds. The summed E-state index contributed by atoms with van der Waals surface area (Å²) in [6.07, 6.45) is 3.37. The maximum absolute atomic E-state index is 13.1.